The van der Waals surface area contributed by atoms with Crippen molar-refractivity contribution in [1.29, 1.82) is 0 Å². The Labute approximate surface area is 93.0 Å². The average molecular weight is 216 g/mol. The topological polar surface area (TPSA) is 41.6 Å². The highest BCUT2D eigenvalue weighted by Crippen LogP contribution is 1.91. The van der Waals surface area contributed by atoms with Crippen LogP contribution < -0.4 is 5.32 Å². The Bertz CT molecular complexity index is 172. The van der Waals surface area contributed by atoms with Crippen molar-refractivity contribution in [3.8, 4) is 0 Å². The van der Waals surface area contributed by atoms with Gasteiger partial charge in [-0.2, -0.15) is 0 Å². The largest absolute Gasteiger partial charge is 0.377 e. The van der Waals surface area contributed by atoms with Crippen LogP contribution in [-0.2, 0) is 9.53 Å². The van der Waals surface area contributed by atoms with Crippen LogP contribution in [0, 0.1) is 0 Å². The highest BCUT2D eigenvalue weighted by Gasteiger charge is 2.07. The Morgan fingerprint density at radius 2 is 2.07 bits per heavy atom. The van der Waals surface area contributed by atoms with Gasteiger partial charge in [0.15, 0.2) is 0 Å². The first-order valence-corrected chi connectivity index (χ1v) is 5.70. The second-order valence-corrected chi connectivity index (χ2v) is 3.74. The van der Waals surface area contributed by atoms with Crippen molar-refractivity contribution in [1.82, 2.24) is 10.2 Å². The Hall–Kier alpha value is -0.610. The predicted molar refractivity (Wildman–Crippen MR) is 61.9 cm³/mol. The van der Waals surface area contributed by atoms with Crippen LogP contribution in [0.15, 0.2) is 0 Å². The maximum absolute atomic E-state index is 11.3. The van der Waals surface area contributed by atoms with Crippen LogP contribution in [0.1, 0.15) is 27.7 Å². The fraction of sp³-hybridized carbons (Fsp3) is 0.909. The summed E-state index contributed by atoms with van der Waals surface area (Å²) in [6, 6.07) is 0. The highest BCUT2D eigenvalue weighted by atomic mass is 16.5. The minimum absolute atomic E-state index is 0.0869. The molecule has 0 spiro atoms. The fourth-order valence-corrected chi connectivity index (χ4v) is 1.22. The Balaban J connectivity index is 3.67. The number of carbonyl (C=O) groups excluding carboxylic acids is 1. The summed E-state index contributed by atoms with van der Waals surface area (Å²) < 4.78 is 5.44. The van der Waals surface area contributed by atoms with Crippen molar-refractivity contribution in [3.63, 3.8) is 0 Å². The van der Waals surface area contributed by atoms with Crippen LogP contribution in [-0.4, -0.2) is 49.7 Å². The van der Waals surface area contributed by atoms with Gasteiger partial charge in [-0.15, -0.1) is 0 Å². The second kappa shape index (κ2) is 8.68. The lowest BCUT2D eigenvalue weighted by Crippen LogP contribution is -2.38. The van der Waals surface area contributed by atoms with E-state index in [4.69, 9.17) is 4.74 Å². The van der Waals surface area contributed by atoms with Crippen LogP contribution in [0.4, 0.5) is 0 Å². The first-order valence-electron chi connectivity index (χ1n) is 5.70. The van der Waals surface area contributed by atoms with Crippen LogP contribution in [0.25, 0.3) is 0 Å². The second-order valence-electron chi connectivity index (χ2n) is 3.74. The molecule has 0 aliphatic heterocycles. The third-order valence-corrected chi connectivity index (χ3v) is 2.05. The number of rotatable bonds is 8. The molecule has 0 heterocycles. The summed E-state index contributed by atoms with van der Waals surface area (Å²) in [5.41, 5.74) is 0. The molecule has 0 atom stereocenters. The number of amides is 1. The van der Waals surface area contributed by atoms with Crippen LogP contribution >= 0.6 is 0 Å². The van der Waals surface area contributed by atoms with Gasteiger partial charge >= 0.3 is 0 Å². The molecule has 1 amide bonds. The summed E-state index contributed by atoms with van der Waals surface area (Å²) in [4.78, 5) is 13.4. The lowest BCUT2D eigenvalue weighted by Gasteiger charge is -2.20. The van der Waals surface area contributed by atoms with Gasteiger partial charge in [0.2, 0.25) is 5.91 Å². The van der Waals surface area contributed by atoms with Gasteiger partial charge in [-0.1, -0.05) is 6.92 Å². The van der Waals surface area contributed by atoms with Crippen molar-refractivity contribution in [2.45, 2.75) is 33.8 Å². The quantitative estimate of drug-likeness (QED) is 0.654. The third kappa shape index (κ3) is 8.39. The van der Waals surface area contributed by atoms with Gasteiger partial charge in [-0.25, -0.2) is 0 Å². The molecule has 4 heteroatoms. The lowest BCUT2D eigenvalue weighted by molar-refractivity contribution is -0.122. The monoisotopic (exact) mass is 216 g/mol. The molecule has 0 radical (unpaired) electrons. The highest BCUT2D eigenvalue weighted by molar-refractivity contribution is 5.77. The summed E-state index contributed by atoms with van der Waals surface area (Å²) in [7, 11) is 0. The van der Waals surface area contributed by atoms with E-state index in [2.05, 4.69) is 17.1 Å². The number of nitrogens with zero attached hydrogens (tertiary/aromatic N) is 1. The molecule has 0 fully saturated rings. The number of hydrogen-bond acceptors (Lipinski definition) is 3. The zero-order valence-corrected chi connectivity index (χ0v) is 10.4. The van der Waals surface area contributed by atoms with Crippen molar-refractivity contribution in [3.05, 3.63) is 0 Å². The van der Waals surface area contributed by atoms with Crippen molar-refractivity contribution < 1.29 is 9.53 Å². The molecular formula is C11H24N2O2. The third-order valence-electron chi connectivity index (χ3n) is 2.05. The molecule has 0 bridgehead atoms. The molecule has 0 aliphatic carbocycles. The summed E-state index contributed by atoms with van der Waals surface area (Å²) >= 11 is 0. The molecular weight excluding hydrogens is 192 g/mol. The van der Waals surface area contributed by atoms with E-state index in [0.717, 1.165) is 13.1 Å². The maximum Gasteiger partial charge on any atom is 0.234 e. The van der Waals surface area contributed by atoms with Crippen LogP contribution in [0.5, 0.6) is 0 Å². The normalized spacial score (nSPS) is 11.1. The molecule has 0 rings (SSSR count). The Morgan fingerprint density at radius 1 is 1.40 bits per heavy atom. The first-order chi connectivity index (χ1) is 7.10. The molecule has 0 aromatic heterocycles. The molecule has 0 aromatic rings. The zero-order valence-electron chi connectivity index (χ0n) is 10.4. The summed E-state index contributed by atoms with van der Waals surface area (Å²) in [5.74, 6) is 0.0869. The van der Waals surface area contributed by atoms with E-state index >= 15 is 0 Å². The van der Waals surface area contributed by atoms with Crippen LogP contribution in [0.2, 0.25) is 0 Å². The van der Waals surface area contributed by atoms with E-state index in [1.807, 2.05) is 20.8 Å². The first kappa shape index (κ1) is 14.4. The number of likely N-dealkylation sites (N-methyl/N-ethyl adjacent to an activating group) is 2. The Morgan fingerprint density at radius 3 is 2.53 bits per heavy atom. The van der Waals surface area contributed by atoms with Crippen LogP contribution in [0.3, 0.4) is 0 Å². The minimum Gasteiger partial charge on any atom is -0.377 e. The number of hydrogen-bond donors (Lipinski definition) is 1. The fourth-order valence-electron chi connectivity index (χ4n) is 1.22. The Kier molecular flexibility index (Phi) is 8.33. The van der Waals surface area contributed by atoms with Gasteiger partial charge in [0.1, 0.15) is 0 Å². The average Bonchev–Trinajstić information content (AvgIpc) is 2.16. The van der Waals surface area contributed by atoms with E-state index < -0.39 is 0 Å². The zero-order chi connectivity index (χ0) is 11.7. The summed E-state index contributed by atoms with van der Waals surface area (Å²) in [6.07, 6.45) is 0.258. The number of ether oxygens (including phenoxy) is 1. The van der Waals surface area contributed by atoms with Crippen molar-refractivity contribution in [2.24, 2.45) is 0 Å². The van der Waals surface area contributed by atoms with E-state index in [0.29, 0.717) is 19.7 Å². The lowest BCUT2D eigenvalue weighted by atomic mass is 10.4. The molecule has 0 aromatic carbocycles. The molecule has 0 aliphatic rings. The molecule has 90 valence electrons. The molecule has 0 saturated carbocycles. The smallest absolute Gasteiger partial charge is 0.234 e. The van der Waals surface area contributed by atoms with E-state index in [1.165, 1.54) is 0 Å². The van der Waals surface area contributed by atoms with Crippen molar-refractivity contribution >= 4 is 5.91 Å². The predicted octanol–water partition coefficient (Wildman–Crippen LogP) is 0.869. The van der Waals surface area contributed by atoms with E-state index in [1.54, 1.807) is 0 Å². The molecule has 15 heavy (non-hydrogen) atoms. The molecule has 0 unspecified atom stereocenters. The van der Waals surface area contributed by atoms with Gasteiger partial charge in [-0.05, 0) is 27.3 Å². The van der Waals surface area contributed by atoms with Crippen molar-refractivity contribution in [2.75, 3.05) is 32.8 Å². The number of nitrogens with one attached hydrogen (secondary N) is 1. The summed E-state index contributed by atoms with van der Waals surface area (Å²) in [6.45, 7) is 11.5. The van der Waals surface area contributed by atoms with E-state index in [9.17, 15) is 4.79 Å². The minimum atomic E-state index is 0.0869. The van der Waals surface area contributed by atoms with Gasteiger partial charge < -0.3 is 10.1 Å². The SMILES string of the molecule is CCNC(=O)CN(CC)CCOC(C)C. The van der Waals surface area contributed by atoms with Gasteiger partial charge in [0.05, 0.1) is 19.3 Å². The number of carbonyl (C=O) groups is 1. The van der Waals surface area contributed by atoms with Gasteiger partial charge in [0.25, 0.3) is 0 Å². The molecule has 4 nitrogen and oxygen atoms in total. The summed E-state index contributed by atoms with van der Waals surface area (Å²) in [5, 5.41) is 2.79. The maximum atomic E-state index is 11.3. The molecule has 0 saturated heterocycles. The van der Waals surface area contributed by atoms with E-state index in [-0.39, 0.29) is 12.0 Å². The van der Waals surface area contributed by atoms with Gasteiger partial charge in [-0.3, -0.25) is 9.69 Å². The standard InChI is InChI=1S/C11H24N2O2/c1-5-12-11(14)9-13(6-2)7-8-15-10(3)4/h10H,5-9H2,1-4H3,(H,12,14). The molecule has 1 N–H and O–H groups in total. The van der Waals surface area contributed by atoms with Gasteiger partial charge in [0, 0.05) is 13.1 Å².